The van der Waals surface area contributed by atoms with Gasteiger partial charge in [0.2, 0.25) is 0 Å². The largest absolute Gasteiger partial charge is 0.459 e. The summed E-state index contributed by atoms with van der Waals surface area (Å²) in [6.45, 7) is 12.6. The van der Waals surface area contributed by atoms with Crippen molar-refractivity contribution in [2.75, 3.05) is 13.1 Å². The molecular weight excluding hydrogens is 478 g/mol. The minimum absolute atomic E-state index is 0.0555. The molecule has 0 unspecified atom stereocenters. The number of fused-ring (bicyclic) bond motifs is 5. The molecular formula is C32H49NO5. The number of carbonyl (C=O) groups excluding carboxylic acids is 4. The summed E-state index contributed by atoms with van der Waals surface area (Å²) in [7, 11) is 0. The Kier molecular flexibility index (Phi) is 7.46. The topological polar surface area (TPSA) is 89.5 Å². The maximum absolute atomic E-state index is 14.0. The van der Waals surface area contributed by atoms with Crippen LogP contribution in [0.3, 0.4) is 0 Å². The minimum atomic E-state index is -0.498. The van der Waals surface area contributed by atoms with E-state index in [0.717, 1.165) is 45.2 Å². The van der Waals surface area contributed by atoms with E-state index >= 15 is 0 Å². The van der Waals surface area contributed by atoms with E-state index in [1.807, 2.05) is 13.8 Å². The number of ketones is 3. The lowest BCUT2D eigenvalue weighted by molar-refractivity contribution is -0.166. The molecule has 1 saturated heterocycles. The number of hydrogen-bond donors (Lipinski definition) is 1. The Balaban J connectivity index is 1.25. The summed E-state index contributed by atoms with van der Waals surface area (Å²) in [4.78, 5) is 52.7. The zero-order valence-corrected chi connectivity index (χ0v) is 24.3. The molecule has 4 aliphatic carbocycles. The number of rotatable bonds is 6. The van der Waals surface area contributed by atoms with Crippen molar-refractivity contribution >= 4 is 23.3 Å². The van der Waals surface area contributed by atoms with E-state index in [1.54, 1.807) is 0 Å². The minimum Gasteiger partial charge on any atom is -0.459 e. The first-order valence-corrected chi connectivity index (χ1v) is 15.4. The van der Waals surface area contributed by atoms with E-state index in [0.29, 0.717) is 56.0 Å². The molecule has 1 heterocycles. The molecule has 0 amide bonds. The summed E-state index contributed by atoms with van der Waals surface area (Å²) >= 11 is 0. The zero-order chi connectivity index (χ0) is 27.5. The van der Waals surface area contributed by atoms with Crippen molar-refractivity contribution in [3.8, 4) is 0 Å². The van der Waals surface area contributed by atoms with Crippen molar-refractivity contribution in [3.05, 3.63) is 0 Å². The van der Waals surface area contributed by atoms with E-state index in [1.165, 1.54) is 0 Å². The summed E-state index contributed by atoms with van der Waals surface area (Å²) in [6.07, 6.45) is 7.88. The molecule has 6 heteroatoms. The highest BCUT2D eigenvalue weighted by molar-refractivity contribution is 5.93. The summed E-state index contributed by atoms with van der Waals surface area (Å²) < 4.78 is 5.99. The van der Waals surface area contributed by atoms with Crippen molar-refractivity contribution in [2.24, 2.45) is 52.3 Å². The van der Waals surface area contributed by atoms with Gasteiger partial charge >= 0.3 is 5.97 Å². The van der Waals surface area contributed by atoms with Crippen LogP contribution in [0.2, 0.25) is 0 Å². The van der Waals surface area contributed by atoms with Gasteiger partial charge in [0.05, 0.1) is 0 Å². The van der Waals surface area contributed by atoms with Crippen LogP contribution in [-0.2, 0) is 23.9 Å². The smallest absolute Gasteiger partial charge is 0.306 e. The standard InChI is InChI=1S/C32H49NO5/c1-19(6-9-28(37)38-30(2,3)20-11-14-33-15-12-20)23-7-8-24-29-25(18-27(36)32(23,24)5)31(4)13-10-22(34)16-21(31)17-26(29)35/h19-21,23-25,29,33H,6-18H2,1-5H3/t19-,21+,23-,24+,25+,29+,31+,32-/m1/s1. The number of carbonyl (C=O) groups is 4. The molecule has 0 bridgehead atoms. The average molecular weight is 528 g/mol. The lowest BCUT2D eigenvalue weighted by Gasteiger charge is -2.58. The molecule has 1 aliphatic heterocycles. The van der Waals surface area contributed by atoms with Crippen LogP contribution in [0, 0.1) is 52.3 Å². The first kappa shape index (κ1) is 28.0. The summed E-state index contributed by atoms with van der Waals surface area (Å²) in [5.74, 6) is 1.76. The van der Waals surface area contributed by atoms with Crippen molar-refractivity contribution in [2.45, 2.75) is 111 Å². The van der Waals surface area contributed by atoms with Crippen LogP contribution >= 0.6 is 0 Å². The third-order valence-electron chi connectivity index (χ3n) is 12.4. The van der Waals surface area contributed by atoms with Crippen LogP contribution < -0.4 is 5.32 Å². The molecule has 0 aromatic carbocycles. The Morgan fingerprint density at radius 2 is 1.74 bits per heavy atom. The molecule has 0 aromatic rings. The molecule has 0 radical (unpaired) electrons. The van der Waals surface area contributed by atoms with Gasteiger partial charge in [-0.25, -0.2) is 0 Å². The molecule has 5 aliphatic rings. The molecule has 1 N–H and O–H groups in total. The first-order valence-electron chi connectivity index (χ1n) is 15.4. The molecule has 38 heavy (non-hydrogen) atoms. The van der Waals surface area contributed by atoms with Crippen LogP contribution in [0.5, 0.6) is 0 Å². The molecule has 5 rings (SSSR count). The average Bonchev–Trinajstić information content (AvgIpc) is 3.23. The fraction of sp³-hybridized carbons (Fsp3) is 0.875. The van der Waals surface area contributed by atoms with E-state index in [2.05, 4.69) is 26.1 Å². The number of Topliss-reactive ketones (excluding diaryl/α,β-unsaturated/α-hetero) is 3. The highest BCUT2D eigenvalue weighted by Crippen LogP contribution is 2.66. The summed E-state index contributed by atoms with van der Waals surface area (Å²) in [6, 6.07) is 0. The molecule has 0 spiro atoms. The zero-order valence-electron chi connectivity index (χ0n) is 24.3. The second-order valence-electron chi connectivity index (χ2n) is 14.6. The van der Waals surface area contributed by atoms with Gasteiger partial charge in [0.25, 0.3) is 0 Å². The van der Waals surface area contributed by atoms with Crippen LogP contribution in [0.4, 0.5) is 0 Å². The second kappa shape index (κ2) is 10.1. The molecule has 6 nitrogen and oxygen atoms in total. The molecule has 8 atom stereocenters. The van der Waals surface area contributed by atoms with Crippen molar-refractivity contribution < 1.29 is 23.9 Å². The Morgan fingerprint density at radius 1 is 1.03 bits per heavy atom. The summed E-state index contributed by atoms with van der Waals surface area (Å²) in [5, 5.41) is 3.38. The SMILES string of the molecule is C[C@H](CCC(=O)OC(C)(C)C1CCNCC1)[C@H]1CC[C@H]2[C@@H]3C(=O)C[C@@H]4CC(=O)CC[C@]4(C)[C@H]3CC(=O)[C@]12C. The van der Waals surface area contributed by atoms with Gasteiger partial charge in [-0.2, -0.15) is 0 Å². The second-order valence-corrected chi connectivity index (χ2v) is 14.6. The van der Waals surface area contributed by atoms with Gasteiger partial charge in [0.15, 0.2) is 0 Å². The van der Waals surface area contributed by atoms with Crippen LogP contribution in [-0.4, -0.2) is 42.0 Å². The van der Waals surface area contributed by atoms with E-state index < -0.39 is 11.0 Å². The maximum atomic E-state index is 14.0. The van der Waals surface area contributed by atoms with Gasteiger partial charge in [-0.1, -0.05) is 20.8 Å². The Hall–Kier alpha value is -1.56. The molecule has 4 saturated carbocycles. The summed E-state index contributed by atoms with van der Waals surface area (Å²) in [5.41, 5.74) is -1.04. The monoisotopic (exact) mass is 527 g/mol. The third kappa shape index (κ3) is 4.61. The highest BCUT2D eigenvalue weighted by atomic mass is 16.6. The number of piperidine rings is 1. The van der Waals surface area contributed by atoms with Crippen molar-refractivity contribution in [1.29, 1.82) is 0 Å². The van der Waals surface area contributed by atoms with Gasteiger partial charge < -0.3 is 10.1 Å². The highest BCUT2D eigenvalue weighted by Gasteiger charge is 2.66. The van der Waals surface area contributed by atoms with E-state index in [4.69, 9.17) is 4.74 Å². The number of ether oxygens (including phenoxy) is 1. The number of esters is 1. The van der Waals surface area contributed by atoms with Gasteiger partial charge in [0, 0.05) is 49.4 Å². The van der Waals surface area contributed by atoms with E-state index in [-0.39, 0.29) is 52.7 Å². The number of hydrogen-bond acceptors (Lipinski definition) is 6. The van der Waals surface area contributed by atoms with Gasteiger partial charge in [-0.15, -0.1) is 0 Å². The van der Waals surface area contributed by atoms with Gasteiger partial charge in [0.1, 0.15) is 23.0 Å². The first-order chi connectivity index (χ1) is 17.9. The maximum Gasteiger partial charge on any atom is 0.306 e. The van der Waals surface area contributed by atoms with Gasteiger partial charge in [-0.3, -0.25) is 19.2 Å². The van der Waals surface area contributed by atoms with Gasteiger partial charge in [-0.05, 0) is 100 Å². The van der Waals surface area contributed by atoms with Crippen molar-refractivity contribution in [1.82, 2.24) is 5.32 Å². The van der Waals surface area contributed by atoms with Crippen LogP contribution in [0.15, 0.2) is 0 Å². The lowest BCUT2D eigenvalue weighted by atomic mass is 9.44. The molecule has 212 valence electrons. The predicted molar refractivity (Wildman–Crippen MR) is 145 cm³/mol. The molecule has 5 fully saturated rings. The van der Waals surface area contributed by atoms with E-state index in [9.17, 15) is 19.2 Å². The molecule has 0 aromatic heterocycles. The van der Waals surface area contributed by atoms with Crippen molar-refractivity contribution in [3.63, 3.8) is 0 Å². The Bertz CT molecular complexity index is 982. The van der Waals surface area contributed by atoms with Crippen LogP contribution in [0.1, 0.15) is 105 Å². The Labute approximate surface area is 228 Å². The quantitative estimate of drug-likeness (QED) is 0.471. The predicted octanol–water partition coefficient (Wildman–Crippen LogP) is 5.31. The van der Waals surface area contributed by atoms with Crippen LogP contribution in [0.25, 0.3) is 0 Å². The number of nitrogens with one attached hydrogen (secondary N) is 1. The fourth-order valence-electron chi connectivity index (χ4n) is 9.88. The normalized spacial score (nSPS) is 40.8. The Morgan fingerprint density at radius 3 is 2.45 bits per heavy atom. The third-order valence-corrected chi connectivity index (χ3v) is 12.4. The lowest BCUT2D eigenvalue weighted by Crippen LogP contribution is -2.60. The fourth-order valence-corrected chi connectivity index (χ4v) is 9.88.